The van der Waals surface area contributed by atoms with Crippen molar-refractivity contribution in [2.45, 2.75) is 6.10 Å². The number of ether oxygens (including phenoxy) is 2. The van der Waals surface area contributed by atoms with Gasteiger partial charge in [0, 0.05) is 25.3 Å². The molecule has 0 aliphatic heterocycles. The van der Waals surface area contributed by atoms with Crippen molar-refractivity contribution < 1.29 is 18.8 Å². The van der Waals surface area contributed by atoms with Gasteiger partial charge in [-0.1, -0.05) is 23.4 Å². The zero-order valence-corrected chi connectivity index (χ0v) is 11.3. The second-order valence-corrected chi connectivity index (χ2v) is 4.05. The maximum atomic E-state index is 11.8. The average molecular weight is 276 g/mol. The highest BCUT2D eigenvalue weighted by molar-refractivity contribution is 5.91. The molecule has 1 aromatic carbocycles. The Morgan fingerprint density at radius 2 is 2.15 bits per heavy atom. The molecule has 1 atom stereocenters. The molecule has 6 nitrogen and oxygen atoms in total. The number of benzene rings is 1. The zero-order valence-electron chi connectivity index (χ0n) is 11.3. The van der Waals surface area contributed by atoms with Gasteiger partial charge >= 0.3 is 0 Å². The van der Waals surface area contributed by atoms with Gasteiger partial charge in [-0.05, 0) is 6.07 Å². The molecule has 0 spiro atoms. The fraction of sp³-hybridized carbons (Fsp3) is 0.286. The topological polar surface area (TPSA) is 73.6 Å². The standard InChI is InChI=1S/C14H16N2O4/c1-18-11-6-4-3-5-10(11)13(19-2)9-15-14(17)12-7-8-16-20-12/h3-8,13H,9H2,1-2H3,(H,15,17). The lowest BCUT2D eigenvalue weighted by Gasteiger charge is -2.18. The number of amides is 1. The summed E-state index contributed by atoms with van der Waals surface area (Å²) >= 11 is 0. The Balaban J connectivity index is 2.04. The van der Waals surface area contributed by atoms with Crippen LogP contribution >= 0.6 is 0 Å². The van der Waals surface area contributed by atoms with Crippen LogP contribution in [0.3, 0.4) is 0 Å². The van der Waals surface area contributed by atoms with Crippen molar-refractivity contribution >= 4 is 5.91 Å². The van der Waals surface area contributed by atoms with Gasteiger partial charge in [-0.25, -0.2) is 0 Å². The SMILES string of the molecule is COc1ccccc1C(CNC(=O)c1ccno1)OC. The molecule has 1 N–H and O–H groups in total. The number of nitrogens with zero attached hydrogens (tertiary/aromatic N) is 1. The molecule has 0 aliphatic rings. The minimum Gasteiger partial charge on any atom is -0.496 e. The first-order valence-corrected chi connectivity index (χ1v) is 6.11. The third-order valence-corrected chi connectivity index (χ3v) is 2.88. The summed E-state index contributed by atoms with van der Waals surface area (Å²) < 4.78 is 15.5. The van der Waals surface area contributed by atoms with Crippen LogP contribution in [0.2, 0.25) is 0 Å². The maximum absolute atomic E-state index is 11.8. The lowest BCUT2D eigenvalue weighted by Crippen LogP contribution is -2.29. The molecule has 1 heterocycles. The number of para-hydroxylation sites is 1. The monoisotopic (exact) mass is 276 g/mol. The third kappa shape index (κ3) is 3.16. The van der Waals surface area contributed by atoms with Crippen molar-refractivity contribution in [1.29, 1.82) is 0 Å². The molecule has 0 saturated heterocycles. The van der Waals surface area contributed by atoms with Gasteiger partial charge in [0.25, 0.3) is 5.91 Å². The molecule has 2 aromatic rings. The van der Waals surface area contributed by atoms with Crippen molar-refractivity contribution in [1.82, 2.24) is 10.5 Å². The van der Waals surface area contributed by atoms with Crippen LogP contribution in [-0.2, 0) is 4.74 Å². The van der Waals surface area contributed by atoms with Crippen LogP contribution in [-0.4, -0.2) is 31.8 Å². The van der Waals surface area contributed by atoms with E-state index in [1.54, 1.807) is 14.2 Å². The molecule has 0 radical (unpaired) electrons. The number of hydrogen-bond donors (Lipinski definition) is 1. The molecular weight excluding hydrogens is 260 g/mol. The highest BCUT2D eigenvalue weighted by Crippen LogP contribution is 2.26. The van der Waals surface area contributed by atoms with E-state index >= 15 is 0 Å². The number of nitrogens with one attached hydrogen (secondary N) is 1. The summed E-state index contributed by atoms with van der Waals surface area (Å²) in [6.07, 6.45) is 1.11. The van der Waals surface area contributed by atoms with Crippen LogP contribution in [0.15, 0.2) is 41.1 Å². The van der Waals surface area contributed by atoms with Crippen molar-refractivity contribution in [2.24, 2.45) is 0 Å². The average Bonchev–Trinajstić information content (AvgIpc) is 3.02. The van der Waals surface area contributed by atoms with E-state index in [0.29, 0.717) is 12.3 Å². The van der Waals surface area contributed by atoms with E-state index < -0.39 is 0 Å². The summed E-state index contributed by atoms with van der Waals surface area (Å²) in [5.41, 5.74) is 0.871. The quantitative estimate of drug-likeness (QED) is 0.871. The summed E-state index contributed by atoms with van der Waals surface area (Å²) in [4.78, 5) is 11.8. The van der Waals surface area contributed by atoms with Crippen molar-refractivity contribution in [3.63, 3.8) is 0 Å². The Bertz CT molecular complexity index is 554. The van der Waals surface area contributed by atoms with Gasteiger partial charge in [0.05, 0.1) is 13.3 Å². The number of aromatic nitrogens is 1. The number of methoxy groups -OCH3 is 2. The second kappa shape index (κ2) is 6.72. The maximum Gasteiger partial charge on any atom is 0.289 e. The molecule has 0 saturated carbocycles. The summed E-state index contributed by atoms with van der Waals surface area (Å²) in [5.74, 6) is 0.549. The van der Waals surface area contributed by atoms with Crippen LogP contribution in [0.5, 0.6) is 5.75 Å². The predicted molar refractivity (Wildman–Crippen MR) is 71.6 cm³/mol. The molecule has 2 rings (SSSR count). The minimum atomic E-state index is -0.334. The molecule has 0 bridgehead atoms. The highest BCUT2D eigenvalue weighted by atomic mass is 16.5. The van der Waals surface area contributed by atoms with E-state index in [1.165, 1.54) is 12.3 Å². The normalized spacial score (nSPS) is 11.9. The smallest absolute Gasteiger partial charge is 0.289 e. The first kappa shape index (κ1) is 14.1. The molecule has 1 unspecified atom stereocenters. The zero-order chi connectivity index (χ0) is 14.4. The Labute approximate surface area is 116 Å². The fourth-order valence-electron chi connectivity index (χ4n) is 1.86. The molecule has 1 aromatic heterocycles. The van der Waals surface area contributed by atoms with Gasteiger partial charge in [-0.2, -0.15) is 0 Å². The molecule has 20 heavy (non-hydrogen) atoms. The highest BCUT2D eigenvalue weighted by Gasteiger charge is 2.17. The Hall–Kier alpha value is -2.34. The Kier molecular flexibility index (Phi) is 4.73. The minimum absolute atomic E-state index is 0.167. The first-order chi connectivity index (χ1) is 9.76. The van der Waals surface area contributed by atoms with Gasteiger partial charge < -0.3 is 19.3 Å². The summed E-state index contributed by atoms with van der Waals surface area (Å²) in [5, 5.41) is 6.22. The number of rotatable bonds is 6. The van der Waals surface area contributed by atoms with Gasteiger partial charge in [-0.15, -0.1) is 0 Å². The number of carbonyl (C=O) groups excluding carboxylic acids is 1. The molecule has 6 heteroatoms. The Morgan fingerprint density at radius 1 is 1.35 bits per heavy atom. The molecule has 0 fully saturated rings. The van der Waals surface area contributed by atoms with E-state index in [9.17, 15) is 4.79 Å². The van der Waals surface area contributed by atoms with Gasteiger partial charge in [0.1, 0.15) is 11.9 Å². The van der Waals surface area contributed by atoms with Crippen LogP contribution in [0.4, 0.5) is 0 Å². The largest absolute Gasteiger partial charge is 0.496 e. The van der Waals surface area contributed by atoms with E-state index in [1.807, 2.05) is 24.3 Å². The molecule has 1 amide bonds. The lowest BCUT2D eigenvalue weighted by atomic mass is 10.1. The van der Waals surface area contributed by atoms with Crippen LogP contribution < -0.4 is 10.1 Å². The van der Waals surface area contributed by atoms with Gasteiger partial charge in [0.2, 0.25) is 5.76 Å². The van der Waals surface area contributed by atoms with E-state index in [0.717, 1.165) is 5.56 Å². The van der Waals surface area contributed by atoms with Crippen LogP contribution in [0.1, 0.15) is 22.2 Å². The van der Waals surface area contributed by atoms with Crippen molar-refractivity contribution in [2.75, 3.05) is 20.8 Å². The van der Waals surface area contributed by atoms with Gasteiger partial charge in [0.15, 0.2) is 0 Å². The van der Waals surface area contributed by atoms with Crippen LogP contribution in [0, 0.1) is 0 Å². The van der Waals surface area contributed by atoms with Gasteiger partial charge in [-0.3, -0.25) is 4.79 Å². The predicted octanol–water partition coefficient (Wildman–Crippen LogP) is 1.80. The summed E-state index contributed by atoms with van der Waals surface area (Å²) in [6.45, 7) is 0.302. The molecule has 0 aliphatic carbocycles. The van der Waals surface area contributed by atoms with E-state index in [4.69, 9.17) is 14.0 Å². The summed E-state index contributed by atoms with van der Waals surface area (Å²) in [6, 6.07) is 9.01. The summed E-state index contributed by atoms with van der Waals surface area (Å²) in [7, 11) is 3.18. The van der Waals surface area contributed by atoms with Crippen molar-refractivity contribution in [3.8, 4) is 5.75 Å². The third-order valence-electron chi connectivity index (χ3n) is 2.88. The number of carbonyl (C=O) groups is 1. The second-order valence-electron chi connectivity index (χ2n) is 4.05. The lowest BCUT2D eigenvalue weighted by molar-refractivity contribution is 0.0793. The van der Waals surface area contributed by atoms with E-state index in [-0.39, 0.29) is 17.8 Å². The van der Waals surface area contributed by atoms with E-state index in [2.05, 4.69) is 10.5 Å². The van der Waals surface area contributed by atoms with Crippen molar-refractivity contribution in [3.05, 3.63) is 47.9 Å². The fourth-order valence-corrected chi connectivity index (χ4v) is 1.86. The Morgan fingerprint density at radius 3 is 2.80 bits per heavy atom. The first-order valence-electron chi connectivity index (χ1n) is 6.11. The molecule has 106 valence electrons. The van der Waals surface area contributed by atoms with Crippen LogP contribution in [0.25, 0.3) is 0 Å². The number of hydrogen-bond acceptors (Lipinski definition) is 5. The molecular formula is C14H16N2O4.